The number of aromatic nitrogens is 2. The SMILES string of the molecule is CSC(=Nc1cc2nsnc2cc1C)NC#N. The molecule has 86 valence electrons. The zero-order valence-corrected chi connectivity index (χ0v) is 10.9. The molecular weight excluding hydrogens is 254 g/mol. The van der Waals surface area contributed by atoms with Gasteiger partial charge >= 0.3 is 0 Å². The van der Waals surface area contributed by atoms with Crippen LogP contribution in [0, 0.1) is 18.4 Å². The Balaban J connectivity index is 2.47. The maximum absolute atomic E-state index is 8.58. The third-order valence-electron chi connectivity index (χ3n) is 2.15. The van der Waals surface area contributed by atoms with Crippen LogP contribution in [0.3, 0.4) is 0 Å². The molecule has 0 saturated heterocycles. The average Bonchev–Trinajstić information content (AvgIpc) is 2.75. The number of rotatable bonds is 1. The summed E-state index contributed by atoms with van der Waals surface area (Å²) in [5.41, 5.74) is 3.52. The lowest BCUT2D eigenvalue weighted by molar-refractivity contribution is 1.27. The first kappa shape index (κ1) is 11.8. The Morgan fingerprint density at radius 2 is 2.18 bits per heavy atom. The van der Waals surface area contributed by atoms with E-state index >= 15 is 0 Å². The van der Waals surface area contributed by atoms with Gasteiger partial charge in [-0.15, -0.1) is 0 Å². The van der Waals surface area contributed by atoms with E-state index in [1.165, 1.54) is 23.5 Å². The second-order valence-corrected chi connectivity index (χ2v) is 4.57. The maximum Gasteiger partial charge on any atom is 0.183 e. The number of benzene rings is 1. The standard InChI is InChI=1S/C10H9N5S2/c1-6-3-8-9(15-17-14-8)4-7(6)13-10(16-2)12-5-11/h3-4H,1-2H3,(H,12,13). The normalized spacial score (nSPS) is 11.5. The van der Waals surface area contributed by atoms with E-state index in [1.54, 1.807) is 0 Å². The van der Waals surface area contributed by atoms with E-state index in [0.29, 0.717) is 5.17 Å². The van der Waals surface area contributed by atoms with Crippen LogP contribution >= 0.6 is 23.5 Å². The van der Waals surface area contributed by atoms with Crippen molar-refractivity contribution >= 4 is 45.4 Å². The number of amidine groups is 1. The highest BCUT2D eigenvalue weighted by molar-refractivity contribution is 8.13. The van der Waals surface area contributed by atoms with E-state index in [0.717, 1.165) is 22.3 Å². The fourth-order valence-electron chi connectivity index (χ4n) is 1.33. The summed E-state index contributed by atoms with van der Waals surface area (Å²) >= 11 is 2.57. The quantitative estimate of drug-likeness (QED) is 0.370. The lowest BCUT2D eigenvalue weighted by atomic mass is 10.2. The van der Waals surface area contributed by atoms with Crippen LogP contribution in [0.5, 0.6) is 0 Å². The molecule has 1 N–H and O–H groups in total. The number of aryl methyl sites for hydroxylation is 1. The maximum atomic E-state index is 8.58. The van der Waals surface area contributed by atoms with Crippen molar-refractivity contribution in [3.8, 4) is 6.19 Å². The summed E-state index contributed by atoms with van der Waals surface area (Å²) in [6.07, 6.45) is 3.73. The Labute approximate surface area is 107 Å². The third-order valence-corrected chi connectivity index (χ3v) is 3.29. The number of nitrogens with one attached hydrogen (secondary N) is 1. The number of hydrogen-bond donors (Lipinski definition) is 1. The van der Waals surface area contributed by atoms with Crippen molar-refractivity contribution in [2.24, 2.45) is 4.99 Å². The molecule has 0 aliphatic rings. The summed E-state index contributed by atoms with van der Waals surface area (Å²) in [6.45, 7) is 1.96. The molecule has 0 bridgehead atoms. The molecule has 2 aromatic rings. The van der Waals surface area contributed by atoms with Crippen molar-refractivity contribution in [2.75, 3.05) is 6.26 Å². The van der Waals surface area contributed by atoms with Gasteiger partial charge in [-0.1, -0.05) is 11.8 Å². The van der Waals surface area contributed by atoms with E-state index in [1.807, 2.05) is 31.5 Å². The van der Waals surface area contributed by atoms with Gasteiger partial charge in [0.25, 0.3) is 0 Å². The predicted molar refractivity (Wildman–Crippen MR) is 71.5 cm³/mol. The summed E-state index contributed by atoms with van der Waals surface area (Å²) in [5.74, 6) is 0. The molecule has 1 heterocycles. The first-order valence-corrected chi connectivity index (χ1v) is 6.71. The first-order valence-electron chi connectivity index (χ1n) is 4.75. The number of fused-ring (bicyclic) bond motifs is 1. The monoisotopic (exact) mass is 263 g/mol. The number of nitriles is 1. The fourth-order valence-corrected chi connectivity index (χ4v) is 2.17. The molecule has 0 amide bonds. The Morgan fingerprint density at radius 3 is 2.82 bits per heavy atom. The minimum Gasteiger partial charge on any atom is -0.271 e. The van der Waals surface area contributed by atoms with Gasteiger partial charge in [0, 0.05) is 0 Å². The molecule has 0 aliphatic carbocycles. The van der Waals surface area contributed by atoms with Gasteiger partial charge in [-0.2, -0.15) is 14.0 Å². The van der Waals surface area contributed by atoms with Crippen molar-refractivity contribution in [3.05, 3.63) is 17.7 Å². The van der Waals surface area contributed by atoms with Gasteiger partial charge in [0.1, 0.15) is 11.0 Å². The van der Waals surface area contributed by atoms with Crippen molar-refractivity contribution in [3.63, 3.8) is 0 Å². The summed E-state index contributed by atoms with van der Waals surface area (Å²) in [7, 11) is 0. The molecule has 1 aromatic carbocycles. The first-order chi connectivity index (χ1) is 8.24. The average molecular weight is 263 g/mol. The van der Waals surface area contributed by atoms with E-state index < -0.39 is 0 Å². The highest BCUT2D eigenvalue weighted by atomic mass is 32.2. The second-order valence-electron chi connectivity index (χ2n) is 3.25. The number of thioether (sulfide) groups is 1. The van der Waals surface area contributed by atoms with E-state index in [-0.39, 0.29) is 0 Å². The van der Waals surface area contributed by atoms with E-state index in [9.17, 15) is 0 Å². The summed E-state index contributed by atoms with van der Waals surface area (Å²) in [4.78, 5) is 4.38. The van der Waals surface area contributed by atoms with Crippen LogP contribution in [-0.4, -0.2) is 20.2 Å². The fraction of sp³-hybridized carbons (Fsp3) is 0.200. The minimum absolute atomic E-state index is 0.568. The van der Waals surface area contributed by atoms with Gasteiger partial charge in [-0.05, 0) is 30.9 Å². The van der Waals surface area contributed by atoms with Crippen molar-refractivity contribution in [2.45, 2.75) is 6.92 Å². The zero-order chi connectivity index (χ0) is 12.3. The Kier molecular flexibility index (Phi) is 3.56. The van der Waals surface area contributed by atoms with Crippen LogP contribution in [-0.2, 0) is 0 Å². The zero-order valence-electron chi connectivity index (χ0n) is 9.26. The Morgan fingerprint density at radius 1 is 1.47 bits per heavy atom. The molecule has 2 rings (SSSR count). The molecule has 0 unspecified atom stereocenters. The van der Waals surface area contributed by atoms with Crippen molar-refractivity contribution < 1.29 is 0 Å². The van der Waals surface area contributed by atoms with Gasteiger partial charge in [-0.3, -0.25) is 5.32 Å². The van der Waals surface area contributed by atoms with Gasteiger partial charge in [-0.25, -0.2) is 4.99 Å². The summed E-state index contributed by atoms with van der Waals surface area (Å²) < 4.78 is 8.33. The van der Waals surface area contributed by atoms with E-state index in [2.05, 4.69) is 19.1 Å². The van der Waals surface area contributed by atoms with Crippen LogP contribution in [0.4, 0.5) is 5.69 Å². The molecule has 0 radical (unpaired) electrons. The molecule has 0 atom stereocenters. The molecular formula is C10H9N5S2. The lowest BCUT2D eigenvalue weighted by Crippen LogP contribution is -2.12. The van der Waals surface area contributed by atoms with Crippen LogP contribution in [0.2, 0.25) is 0 Å². The van der Waals surface area contributed by atoms with Gasteiger partial charge in [0.05, 0.1) is 17.4 Å². The van der Waals surface area contributed by atoms with Gasteiger partial charge < -0.3 is 0 Å². The number of hydrogen-bond acceptors (Lipinski definition) is 6. The van der Waals surface area contributed by atoms with E-state index in [4.69, 9.17) is 5.26 Å². The molecule has 1 aromatic heterocycles. The molecule has 0 saturated carbocycles. The summed E-state index contributed by atoms with van der Waals surface area (Å²) in [5, 5.41) is 11.7. The Hall–Kier alpha value is -1.65. The third kappa shape index (κ3) is 2.54. The molecule has 0 aliphatic heterocycles. The molecule has 0 fully saturated rings. The highest BCUT2D eigenvalue weighted by Gasteiger charge is 2.05. The molecule has 17 heavy (non-hydrogen) atoms. The number of aliphatic imine (C=N–C) groups is 1. The summed E-state index contributed by atoms with van der Waals surface area (Å²) in [6, 6.07) is 3.82. The molecule has 5 nitrogen and oxygen atoms in total. The lowest BCUT2D eigenvalue weighted by Gasteiger charge is -2.02. The smallest absolute Gasteiger partial charge is 0.183 e. The largest absolute Gasteiger partial charge is 0.271 e. The van der Waals surface area contributed by atoms with Crippen molar-refractivity contribution in [1.29, 1.82) is 5.26 Å². The predicted octanol–water partition coefficient (Wildman–Crippen LogP) is 2.42. The van der Waals surface area contributed by atoms with Gasteiger partial charge in [0.15, 0.2) is 11.4 Å². The van der Waals surface area contributed by atoms with Crippen molar-refractivity contribution in [1.82, 2.24) is 14.1 Å². The highest BCUT2D eigenvalue weighted by Crippen LogP contribution is 2.25. The molecule has 7 heteroatoms. The topological polar surface area (TPSA) is 74.0 Å². The van der Waals surface area contributed by atoms with Crippen LogP contribution in [0.15, 0.2) is 17.1 Å². The van der Waals surface area contributed by atoms with Crippen LogP contribution in [0.25, 0.3) is 11.0 Å². The van der Waals surface area contributed by atoms with Crippen LogP contribution in [0.1, 0.15) is 5.56 Å². The number of nitrogens with zero attached hydrogens (tertiary/aromatic N) is 4. The van der Waals surface area contributed by atoms with Crippen LogP contribution < -0.4 is 5.32 Å². The minimum atomic E-state index is 0.568. The second kappa shape index (κ2) is 5.12. The molecule has 0 spiro atoms. The van der Waals surface area contributed by atoms with Gasteiger partial charge in [0.2, 0.25) is 0 Å². The Bertz CT molecular complexity index is 611.